The third kappa shape index (κ3) is 4.96. The molecule has 1 aromatic rings. The van der Waals surface area contributed by atoms with E-state index in [1.54, 1.807) is 24.3 Å². The number of nitrogens with one attached hydrogen (secondary N) is 1. The number of rotatable bonds is 7. The fourth-order valence-electron chi connectivity index (χ4n) is 2.69. The van der Waals surface area contributed by atoms with Crippen LogP contribution in [-0.2, 0) is 10.0 Å². The lowest BCUT2D eigenvalue weighted by molar-refractivity contribution is 0.0956. The van der Waals surface area contributed by atoms with Crippen molar-refractivity contribution in [2.75, 3.05) is 23.7 Å². The van der Waals surface area contributed by atoms with Crippen molar-refractivity contribution in [3.8, 4) is 0 Å². The molecule has 0 spiro atoms. The molecule has 24 heavy (non-hydrogen) atoms. The Balaban J connectivity index is 2.03. The Labute approximate surface area is 144 Å². The van der Waals surface area contributed by atoms with Crippen molar-refractivity contribution < 1.29 is 13.2 Å². The van der Waals surface area contributed by atoms with Crippen LogP contribution in [0.1, 0.15) is 36.0 Å². The quantitative estimate of drug-likeness (QED) is 0.771. The molecule has 1 N–H and O–H groups in total. The zero-order chi connectivity index (χ0) is 17.6. The molecular weight excluding hydrogens is 324 g/mol. The molecule has 0 radical (unpaired) electrons. The molecule has 0 saturated heterocycles. The van der Waals surface area contributed by atoms with Crippen LogP contribution in [0.3, 0.4) is 0 Å². The summed E-state index contributed by atoms with van der Waals surface area (Å²) >= 11 is 0. The van der Waals surface area contributed by atoms with Gasteiger partial charge < -0.3 is 5.32 Å². The first-order chi connectivity index (χ1) is 11.4. The molecule has 0 aliphatic heterocycles. The number of nitrogens with zero attached hydrogens (tertiary/aromatic N) is 1. The summed E-state index contributed by atoms with van der Waals surface area (Å²) in [6.45, 7) is 4.35. The molecule has 0 atom stereocenters. The molecule has 0 unspecified atom stereocenters. The van der Waals surface area contributed by atoms with Crippen LogP contribution in [0.5, 0.6) is 0 Å². The Morgan fingerprint density at radius 3 is 2.54 bits per heavy atom. The lowest BCUT2D eigenvalue weighted by atomic mass is 9.99. The van der Waals surface area contributed by atoms with Gasteiger partial charge >= 0.3 is 0 Å². The maximum Gasteiger partial charge on any atom is 0.251 e. The summed E-state index contributed by atoms with van der Waals surface area (Å²) in [7, 11) is -3.38. The number of anilines is 1. The van der Waals surface area contributed by atoms with Gasteiger partial charge in [-0.15, -0.1) is 6.58 Å². The van der Waals surface area contributed by atoms with Crippen molar-refractivity contribution >= 4 is 21.6 Å². The molecule has 1 amide bonds. The predicted octanol–water partition coefficient (Wildman–Crippen LogP) is 2.87. The molecule has 1 aliphatic rings. The number of hydrogen-bond donors (Lipinski definition) is 1. The van der Waals surface area contributed by atoms with Crippen LogP contribution in [0.4, 0.5) is 5.69 Å². The van der Waals surface area contributed by atoms with Crippen molar-refractivity contribution in [1.82, 2.24) is 5.32 Å². The van der Waals surface area contributed by atoms with E-state index in [-0.39, 0.29) is 12.5 Å². The van der Waals surface area contributed by atoms with Gasteiger partial charge in [0.15, 0.2) is 0 Å². The first-order valence-electron chi connectivity index (χ1n) is 8.06. The first kappa shape index (κ1) is 18.3. The van der Waals surface area contributed by atoms with Crippen molar-refractivity contribution in [3.63, 3.8) is 0 Å². The van der Waals surface area contributed by atoms with Crippen molar-refractivity contribution in [1.29, 1.82) is 0 Å². The Bertz CT molecular complexity index is 721. The Kier molecular flexibility index (Phi) is 6.20. The molecule has 5 nitrogen and oxygen atoms in total. The van der Waals surface area contributed by atoms with E-state index in [0.29, 0.717) is 17.8 Å². The minimum atomic E-state index is -3.38. The van der Waals surface area contributed by atoms with E-state index in [4.69, 9.17) is 0 Å². The molecule has 1 aliphatic carbocycles. The summed E-state index contributed by atoms with van der Waals surface area (Å²) in [5.41, 5.74) is 2.31. The van der Waals surface area contributed by atoms with Crippen LogP contribution < -0.4 is 9.62 Å². The maximum atomic E-state index is 12.2. The zero-order valence-electron chi connectivity index (χ0n) is 14.0. The SMILES string of the molecule is C=CCN(c1ccc(C(=O)NCC2=CCCCC2)cc1)S(C)(=O)=O. The molecule has 2 rings (SSSR count). The molecule has 0 fully saturated rings. The highest BCUT2D eigenvalue weighted by Crippen LogP contribution is 2.19. The van der Waals surface area contributed by atoms with Crippen molar-refractivity contribution in [3.05, 3.63) is 54.1 Å². The third-order valence-electron chi connectivity index (χ3n) is 3.97. The fraction of sp³-hybridized carbons (Fsp3) is 0.389. The maximum absolute atomic E-state index is 12.2. The summed E-state index contributed by atoms with van der Waals surface area (Å²) in [4.78, 5) is 12.2. The van der Waals surface area contributed by atoms with Gasteiger partial charge in [0.2, 0.25) is 10.0 Å². The monoisotopic (exact) mass is 348 g/mol. The summed E-state index contributed by atoms with van der Waals surface area (Å²) in [6.07, 6.45) is 9.41. The minimum absolute atomic E-state index is 0.150. The van der Waals surface area contributed by atoms with Gasteiger partial charge in [-0.1, -0.05) is 17.7 Å². The number of carbonyl (C=O) groups excluding carboxylic acids is 1. The van der Waals surface area contributed by atoms with Crippen LogP contribution in [0.2, 0.25) is 0 Å². The van der Waals surface area contributed by atoms with Crippen LogP contribution >= 0.6 is 0 Å². The van der Waals surface area contributed by atoms with Crippen LogP contribution in [-0.4, -0.2) is 33.7 Å². The van der Waals surface area contributed by atoms with E-state index < -0.39 is 10.0 Å². The highest BCUT2D eigenvalue weighted by molar-refractivity contribution is 7.92. The number of amides is 1. The van der Waals surface area contributed by atoms with Gasteiger partial charge in [-0.25, -0.2) is 8.42 Å². The average molecular weight is 348 g/mol. The van der Waals surface area contributed by atoms with Gasteiger partial charge in [-0.05, 0) is 49.9 Å². The van der Waals surface area contributed by atoms with Gasteiger partial charge in [-0.2, -0.15) is 0 Å². The Hall–Kier alpha value is -2.08. The minimum Gasteiger partial charge on any atom is -0.348 e. The third-order valence-corrected chi connectivity index (χ3v) is 5.13. The summed E-state index contributed by atoms with van der Waals surface area (Å²) in [5, 5.41) is 2.92. The fourth-order valence-corrected chi connectivity index (χ4v) is 3.57. The van der Waals surface area contributed by atoms with Crippen LogP contribution in [0.25, 0.3) is 0 Å². The van der Waals surface area contributed by atoms with Crippen molar-refractivity contribution in [2.24, 2.45) is 0 Å². The molecule has 0 saturated carbocycles. The van der Waals surface area contributed by atoms with E-state index in [1.807, 2.05) is 0 Å². The highest BCUT2D eigenvalue weighted by Gasteiger charge is 2.16. The predicted molar refractivity (Wildman–Crippen MR) is 97.7 cm³/mol. The standard InChI is InChI=1S/C18H24N2O3S/c1-3-13-20(24(2,22)23)17-11-9-16(10-12-17)18(21)19-14-15-7-5-4-6-8-15/h3,7,9-12H,1,4-6,8,13-14H2,2H3,(H,19,21). The van der Waals surface area contributed by atoms with Crippen LogP contribution in [0.15, 0.2) is 48.6 Å². The van der Waals surface area contributed by atoms with E-state index in [9.17, 15) is 13.2 Å². The second-order valence-electron chi connectivity index (χ2n) is 5.92. The second-order valence-corrected chi connectivity index (χ2v) is 7.83. The average Bonchev–Trinajstić information content (AvgIpc) is 2.57. The number of benzene rings is 1. The van der Waals surface area contributed by atoms with Crippen LogP contribution in [0, 0.1) is 0 Å². The molecular formula is C18H24N2O3S. The van der Waals surface area contributed by atoms with E-state index in [2.05, 4.69) is 18.0 Å². The molecule has 1 aromatic carbocycles. The summed E-state index contributed by atoms with van der Waals surface area (Å²) in [5.74, 6) is -0.150. The molecule has 6 heteroatoms. The number of carbonyl (C=O) groups is 1. The number of hydrogen-bond acceptors (Lipinski definition) is 3. The Morgan fingerprint density at radius 2 is 2.00 bits per heavy atom. The number of sulfonamides is 1. The summed E-state index contributed by atoms with van der Waals surface area (Å²) < 4.78 is 24.9. The lowest BCUT2D eigenvalue weighted by Crippen LogP contribution is -2.30. The smallest absolute Gasteiger partial charge is 0.251 e. The van der Waals surface area contributed by atoms with E-state index >= 15 is 0 Å². The normalized spacial score (nSPS) is 14.6. The zero-order valence-corrected chi connectivity index (χ0v) is 14.8. The van der Waals surface area contributed by atoms with Gasteiger partial charge in [0, 0.05) is 12.1 Å². The van der Waals surface area contributed by atoms with E-state index in [0.717, 1.165) is 19.1 Å². The molecule has 0 bridgehead atoms. The molecule has 0 aromatic heterocycles. The van der Waals surface area contributed by atoms with Gasteiger partial charge in [0.05, 0.1) is 18.5 Å². The largest absolute Gasteiger partial charge is 0.348 e. The van der Waals surface area contributed by atoms with E-state index in [1.165, 1.54) is 28.8 Å². The molecule has 130 valence electrons. The van der Waals surface area contributed by atoms with Gasteiger partial charge in [-0.3, -0.25) is 9.10 Å². The summed E-state index contributed by atoms with van der Waals surface area (Å²) in [6, 6.07) is 6.56. The van der Waals surface area contributed by atoms with Gasteiger partial charge in [0.25, 0.3) is 5.91 Å². The molecule has 0 heterocycles. The van der Waals surface area contributed by atoms with Crippen molar-refractivity contribution in [2.45, 2.75) is 25.7 Å². The topological polar surface area (TPSA) is 66.5 Å². The first-order valence-corrected chi connectivity index (χ1v) is 9.91. The van der Waals surface area contributed by atoms with Gasteiger partial charge in [0.1, 0.15) is 0 Å². The second kappa shape index (κ2) is 8.15. The lowest BCUT2D eigenvalue weighted by Gasteiger charge is -2.20. The number of allylic oxidation sites excluding steroid dienone is 1. The Morgan fingerprint density at radius 1 is 1.29 bits per heavy atom. The highest BCUT2D eigenvalue weighted by atomic mass is 32.2.